The van der Waals surface area contributed by atoms with E-state index in [9.17, 15) is 4.79 Å². The van der Waals surface area contributed by atoms with Crippen LogP contribution in [0, 0.1) is 0 Å². The number of amides is 1. The van der Waals surface area contributed by atoms with Gasteiger partial charge in [0.2, 0.25) is 0 Å². The number of nitrogens with zero attached hydrogens (tertiary/aromatic N) is 2. The van der Waals surface area contributed by atoms with E-state index in [2.05, 4.69) is 16.9 Å². The van der Waals surface area contributed by atoms with Gasteiger partial charge in [0.05, 0.1) is 11.0 Å². The number of likely N-dealkylation sites (tertiary alicyclic amines) is 1. The van der Waals surface area contributed by atoms with Crippen LogP contribution < -0.4 is 0 Å². The van der Waals surface area contributed by atoms with Gasteiger partial charge in [-0.3, -0.25) is 4.79 Å². The van der Waals surface area contributed by atoms with E-state index < -0.39 is 0 Å². The van der Waals surface area contributed by atoms with Gasteiger partial charge in [0.25, 0.3) is 5.91 Å². The molecule has 4 nitrogen and oxygen atoms in total. The van der Waals surface area contributed by atoms with E-state index in [1.165, 1.54) is 0 Å². The second-order valence-corrected chi connectivity index (χ2v) is 4.77. The van der Waals surface area contributed by atoms with Crippen LogP contribution in [0.25, 0.3) is 11.0 Å². The van der Waals surface area contributed by atoms with Gasteiger partial charge in [-0.1, -0.05) is 6.92 Å². The van der Waals surface area contributed by atoms with E-state index in [1.807, 2.05) is 23.1 Å². The number of nitrogens with one attached hydrogen (secondary N) is 1. The molecular formula is C14H17N3O. The third kappa shape index (κ3) is 1.88. The van der Waals surface area contributed by atoms with Crippen LogP contribution >= 0.6 is 0 Å². The summed E-state index contributed by atoms with van der Waals surface area (Å²) >= 11 is 0. The SMILES string of the molecule is CCc1nc2ccc(C(=O)N3CCCC3)cc2[nH]1. The van der Waals surface area contributed by atoms with Crippen molar-refractivity contribution >= 4 is 16.9 Å². The van der Waals surface area contributed by atoms with Crippen LogP contribution in [0.2, 0.25) is 0 Å². The minimum Gasteiger partial charge on any atom is -0.342 e. The molecule has 0 saturated carbocycles. The van der Waals surface area contributed by atoms with Crippen molar-refractivity contribution in [1.29, 1.82) is 0 Å². The summed E-state index contributed by atoms with van der Waals surface area (Å²) in [4.78, 5) is 21.9. The molecule has 2 aromatic rings. The van der Waals surface area contributed by atoms with Gasteiger partial charge in [-0.25, -0.2) is 4.98 Å². The van der Waals surface area contributed by atoms with E-state index in [4.69, 9.17) is 0 Å². The van der Waals surface area contributed by atoms with E-state index in [0.717, 1.165) is 54.8 Å². The summed E-state index contributed by atoms with van der Waals surface area (Å²) < 4.78 is 0. The van der Waals surface area contributed by atoms with Crippen LogP contribution in [0.5, 0.6) is 0 Å². The van der Waals surface area contributed by atoms with Crippen molar-refractivity contribution < 1.29 is 4.79 Å². The van der Waals surface area contributed by atoms with E-state index in [1.54, 1.807) is 0 Å². The van der Waals surface area contributed by atoms with Crippen molar-refractivity contribution in [2.75, 3.05) is 13.1 Å². The maximum Gasteiger partial charge on any atom is 0.253 e. The molecule has 2 heterocycles. The molecule has 18 heavy (non-hydrogen) atoms. The lowest BCUT2D eigenvalue weighted by molar-refractivity contribution is 0.0793. The third-order valence-corrected chi connectivity index (χ3v) is 3.51. The third-order valence-electron chi connectivity index (χ3n) is 3.51. The Kier molecular flexibility index (Phi) is 2.78. The Morgan fingerprint density at radius 1 is 1.39 bits per heavy atom. The fourth-order valence-corrected chi connectivity index (χ4v) is 2.47. The molecular weight excluding hydrogens is 226 g/mol. The highest BCUT2D eigenvalue weighted by Gasteiger charge is 2.19. The van der Waals surface area contributed by atoms with Crippen LogP contribution in [0.1, 0.15) is 35.9 Å². The maximum absolute atomic E-state index is 12.3. The first-order chi connectivity index (χ1) is 8.78. The summed E-state index contributed by atoms with van der Waals surface area (Å²) in [5.41, 5.74) is 2.65. The summed E-state index contributed by atoms with van der Waals surface area (Å²) in [7, 11) is 0. The number of carbonyl (C=O) groups excluding carboxylic acids is 1. The molecule has 1 aromatic heterocycles. The van der Waals surface area contributed by atoms with Crippen molar-refractivity contribution in [3.05, 3.63) is 29.6 Å². The number of aromatic amines is 1. The summed E-state index contributed by atoms with van der Waals surface area (Å²) in [6.07, 6.45) is 3.13. The largest absolute Gasteiger partial charge is 0.342 e. The Labute approximate surface area is 106 Å². The van der Waals surface area contributed by atoms with Crippen molar-refractivity contribution in [2.24, 2.45) is 0 Å². The second kappa shape index (κ2) is 4.44. The molecule has 0 unspecified atom stereocenters. The number of hydrogen-bond donors (Lipinski definition) is 1. The van der Waals surface area contributed by atoms with Crippen LogP contribution in [0.4, 0.5) is 0 Å². The number of fused-ring (bicyclic) bond motifs is 1. The highest BCUT2D eigenvalue weighted by molar-refractivity contribution is 5.97. The molecule has 1 aliphatic heterocycles. The lowest BCUT2D eigenvalue weighted by Gasteiger charge is -2.14. The zero-order valence-electron chi connectivity index (χ0n) is 10.6. The Hall–Kier alpha value is -1.84. The fraction of sp³-hybridized carbons (Fsp3) is 0.429. The smallest absolute Gasteiger partial charge is 0.253 e. The zero-order valence-corrected chi connectivity index (χ0v) is 10.6. The number of rotatable bonds is 2. The van der Waals surface area contributed by atoms with Crippen LogP contribution in [-0.4, -0.2) is 33.9 Å². The minimum absolute atomic E-state index is 0.141. The lowest BCUT2D eigenvalue weighted by atomic mass is 10.2. The fourth-order valence-electron chi connectivity index (χ4n) is 2.47. The molecule has 1 aliphatic rings. The molecule has 1 N–H and O–H groups in total. The Morgan fingerprint density at radius 2 is 2.17 bits per heavy atom. The van der Waals surface area contributed by atoms with Gasteiger partial charge in [0, 0.05) is 25.1 Å². The first-order valence-corrected chi connectivity index (χ1v) is 6.56. The van der Waals surface area contributed by atoms with Gasteiger partial charge in [0.15, 0.2) is 0 Å². The van der Waals surface area contributed by atoms with Gasteiger partial charge >= 0.3 is 0 Å². The summed E-state index contributed by atoms with van der Waals surface area (Å²) in [5, 5.41) is 0. The van der Waals surface area contributed by atoms with Crippen molar-refractivity contribution in [2.45, 2.75) is 26.2 Å². The van der Waals surface area contributed by atoms with E-state index >= 15 is 0 Å². The molecule has 0 bridgehead atoms. The summed E-state index contributed by atoms with van der Waals surface area (Å²) in [5.74, 6) is 1.11. The minimum atomic E-state index is 0.141. The molecule has 0 atom stereocenters. The Balaban J connectivity index is 1.94. The zero-order chi connectivity index (χ0) is 12.5. The highest BCUT2D eigenvalue weighted by atomic mass is 16.2. The molecule has 94 valence electrons. The van der Waals surface area contributed by atoms with Crippen molar-refractivity contribution in [3.8, 4) is 0 Å². The number of benzene rings is 1. The Morgan fingerprint density at radius 3 is 2.89 bits per heavy atom. The maximum atomic E-state index is 12.3. The number of imidazole rings is 1. The molecule has 1 fully saturated rings. The molecule has 1 saturated heterocycles. The first kappa shape index (κ1) is 11.3. The van der Waals surface area contributed by atoms with E-state index in [-0.39, 0.29) is 5.91 Å². The first-order valence-electron chi connectivity index (χ1n) is 6.56. The standard InChI is InChI=1S/C14H17N3O/c1-2-13-15-11-6-5-10(9-12(11)16-13)14(18)17-7-3-4-8-17/h5-6,9H,2-4,7-8H2,1H3,(H,15,16). The van der Waals surface area contributed by atoms with Gasteiger partial charge in [0.1, 0.15) is 5.82 Å². The van der Waals surface area contributed by atoms with Crippen LogP contribution in [0.15, 0.2) is 18.2 Å². The van der Waals surface area contributed by atoms with Crippen LogP contribution in [0.3, 0.4) is 0 Å². The average molecular weight is 243 g/mol. The number of H-pyrrole nitrogens is 1. The molecule has 0 aliphatic carbocycles. The summed E-state index contributed by atoms with van der Waals surface area (Å²) in [6.45, 7) is 3.84. The second-order valence-electron chi connectivity index (χ2n) is 4.77. The summed E-state index contributed by atoms with van der Waals surface area (Å²) in [6, 6.07) is 5.72. The van der Waals surface area contributed by atoms with Crippen molar-refractivity contribution in [1.82, 2.24) is 14.9 Å². The van der Waals surface area contributed by atoms with Crippen LogP contribution in [-0.2, 0) is 6.42 Å². The number of aromatic nitrogens is 2. The molecule has 1 amide bonds. The lowest BCUT2D eigenvalue weighted by Crippen LogP contribution is -2.27. The number of aryl methyl sites for hydroxylation is 1. The molecule has 0 radical (unpaired) electrons. The highest BCUT2D eigenvalue weighted by Crippen LogP contribution is 2.17. The van der Waals surface area contributed by atoms with Gasteiger partial charge in [-0.2, -0.15) is 0 Å². The molecule has 4 heteroatoms. The quantitative estimate of drug-likeness (QED) is 0.880. The number of hydrogen-bond acceptors (Lipinski definition) is 2. The van der Waals surface area contributed by atoms with Gasteiger partial charge in [-0.15, -0.1) is 0 Å². The predicted molar refractivity (Wildman–Crippen MR) is 70.6 cm³/mol. The van der Waals surface area contributed by atoms with Gasteiger partial charge < -0.3 is 9.88 Å². The Bertz CT molecular complexity index is 582. The number of carbonyl (C=O) groups is 1. The normalized spacial score (nSPS) is 15.5. The van der Waals surface area contributed by atoms with E-state index in [0.29, 0.717) is 0 Å². The predicted octanol–water partition coefficient (Wildman–Crippen LogP) is 2.36. The monoisotopic (exact) mass is 243 g/mol. The topological polar surface area (TPSA) is 49.0 Å². The van der Waals surface area contributed by atoms with Gasteiger partial charge in [-0.05, 0) is 31.0 Å². The molecule has 3 rings (SSSR count). The van der Waals surface area contributed by atoms with Crippen molar-refractivity contribution in [3.63, 3.8) is 0 Å². The molecule has 1 aromatic carbocycles. The molecule has 0 spiro atoms. The average Bonchev–Trinajstić information content (AvgIpc) is 3.05.